The van der Waals surface area contributed by atoms with E-state index in [9.17, 15) is 0 Å². The van der Waals surface area contributed by atoms with Crippen LogP contribution in [0.4, 0.5) is 0 Å². The predicted octanol–water partition coefficient (Wildman–Crippen LogP) is -2.29. The van der Waals surface area contributed by atoms with Crippen molar-refractivity contribution in [3.63, 3.8) is 0 Å². The zero-order chi connectivity index (χ0) is 11.7. The van der Waals surface area contributed by atoms with E-state index in [1.165, 1.54) is 40.9 Å². The minimum atomic E-state index is 0. The van der Waals surface area contributed by atoms with Gasteiger partial charge in [-0.2, -0.15) is 41.0 Å². The quantitative estimate of drug-likeness (QED) is 0.470. The van der Waals surface area contributed by atoms with Crippen molar-refractivity contribution in [2.45, 2.75) is 20.8 Å². The van der Waals surface area contributed by atoms with Crippen molar-refractivity contribution < 1.29 is 49.0 Å². The second-order valence-electron chi connectivity index (χ2n) is 3.29. The third-order valence-corrected chi connectivity index (χ3v) is 2.32. The van der Waals surface area contributed by atoms with Crippen LogP contribution in [0.3, 0.4) is 0 Å². The van der Waals surface area contributed by atoms with E-state index >= 15 is 0 Å². The molecule has 0 N–H and O–H groups in total. The minimum absolute atomic E-state index is 0. The average molecular weight is 348 g/mol. The molecule has 0 unspecified atom stereocenters. The number of hydrogen-bond acceptors (Lipinski definition) is 0. The van der Waals surface area contributed by atoms with Crippen LogP contribution < -0.4 is 24.8 Å². The van der Waals surface area contributed by atoms with Crippen LogP contribution in [0.15, 0.2) is 42.5 Å². The zero-order valence-electron chi connectivity index (χ0n) is 10.5. The first-order valence-corrected chi connectivity index (χ1v) is 6.67. The van der Waals surface area contributed by atoms with Crippen LogP contribution in [0.2, 0.25) is 0 Å². The zero-order valence-corrected chi connectivity index (χ0v) is 14.5. The Morgan fingerprint density at radius 1 is 1.12 bits per heavy atom. The molecule has 0 saturated heterocycles. The van der Waals surface area contributed by atoms with Gasteiger partial charge in [0.1, 0.15) is 0 Å². The molecule has 0 spiro atoms. The summed E-state index contributed by atoms with van der Waals surface area (Å²) in [6, 6.07) is 14.3. The molecular formula is C14H18Cl2Zr-2. The average Bonchev–Trinajstić information content (AvgIpc) is 2.92. The molecule has 0 radical (unpaired) electrons. The molecule has 94 valence electrons. The van der Waals surface area contributed by atoms with Crippen LogP contribution in [-0.2, 0) is 24.2 Å². The van der Waals surface area contributed by atoms with Gasteiger partial charge in [0.2, 0.25) is 0 Å². The summed E-state index contributed by atoms with van der Waals surface area (Å²) in [7, 11) is 0. The summed E-state index contributed by atoms with van der Waals surface area (Å²) in [6.07, 6.45) is 0. The Labute approximate surface area is 132 Å². The molecule has 17 heavy (non-hydrogen) atoms. The van der Waals surface area contributed by atoms with Crippen molar-refractivity contribution in [3.05, 3.63) is 59.2 Å². The van der Waals surface area contributed by atoms with Gasteiger partial charge in [-0.3, -0.25) is 0 Å². The predicted molar refractivity (Wildman–Crippen MR) is 65.4 cm³/mol. The molecule has 0 bridgehead atoms. The first kappa shape index (κ1) is 22.2. The molecule has 0 saturated carbocycles. The van der Waals surface area contributed by atoms with E-state index in [1.54, 1.807) is 0 Å². The first-order chi connectivity index (χ1) is 7.22. The van der Waals surface area contributed by atoms with Gasteiger partial charge in [-0.25, -0.2) is 18.2 Å². The second-order valence-corrected chi connectivity index (χ2v) is 3.29. The maximum Gasteiger partial charge on any atom is -0.172 e. The van der Waals surface area contributed by atoms with Gasteiger partial charge in [-0.1, -0.05) is 20.8 Å². The molecule has 2 aromatic carbocycles. The fourth-order valence-electron chi connectivity index (χ4n) is 1.13. The van der Waals surface area contributed by atoms with E-state index in [1.807, 2.05) is 30.3 Å². The summed E-state index contributed by atoms with van der Waals surface area (Å²) in [6.45, 7) is 6.44. The van der Waals surface area contributed by atoms with Gasteiger partial charge in [0, 0.05) is 0 Å². The third-order valence-electron chi connectivity index (χ3n) is 2.32. The standard InChI is InChI=1S/C8H11.C5H5.CH2.2ClH.Zr/c1-6-4-5-7(2)8(6)3;1-2-4-5-3-1;;;;/h4-5H,1-3H3;1-5H;1H2;2*1H;/q2*-1;;;;+2/p-2. The van der Waals surface area contributed by atoms with Gasteiger partial charge in [0.15, 0.2) is 0 Å². The molecule has 0 heterocycles. The third kappa shape index (κ3) is 9.71. The van der Waals surface area contributed by atoms with Crippen molar-refractivity contribution in [3.8, 4) is 0 Å². The normalized spacial score (nSPS) is 7.35. The molecule has 2 rings (SSSR count). The summed E-state index contributed by atoms with van der Waals surface area (Å²) >= 11 is 1.30. The number of rotatable bonds is 0. The Balaban J connectivity index is -0.000000192. The molecule has 0 nitrogen and oxygen atoms in total. The van der Waals surface area contributed by atoms with E-state index in [0.717, 1.165) is 0 Å². The van der Waals surface area contributed by atoms with Gasteiger partial charge in [0.25, 0.3) is 0 Å². The molecule has 0 amide bonds. The number of halogens is 2. The molecule has 0 aliphatic carbocycles. The largest absolute Gasteiger partial charge is 1.00 e. The maximum absolute atomic E-state index is 3.34. The van der Waals surface area contributed by atoms with E-state index in [4.69, 9.17) is 0 Å². The van der Waals surface area contributed by atoms with Crippen LogP contribution in [0.25, 0.3) is 0 Å². The van der Waals surface area contributed by atoms with Gasteiger partial charge in [-0.05, 0) is 0 Å². The molecule has 0 aliphatic rings. The molecule has 3 heteroatoms. The van der Waals surface area contributed by atoms with E-state index in [2.05, 4.69) is 37.1 Å². The second kappa shape index (κ2) is 14.1. The fourth-order valence-corrected chi connectivity index (χ4v) is 1.13. The van der Waals surface area contributed by atoms with Crippen LogP contribution in [-0.4, -0.2) is 4.21 Å². The SMILES string of the molecule is Cc1cc[c-](C)c1C.[CH2]=[Zr+2].[Cl-].[Cl-].c1cc[cH-]c1. The van der Waals surface area contributed by atoms with E-state index in [-0.39, 0.29) is 24.8 Å². The monoisotopic (exact) mass is 346 g/mol. The summed E-state index contributed by atoms with van der Waals surface area (Å²) in [4.78, 5) is 0. The maximum atomic E-state index is 3.34. The fraction of sp³-hybridized carbons (Fsp3) is 0.214. The van der Waals surface area contributed by atoms with Gasteiger partial charge < -0.3 is 24.8 Å². The Bertz CT molecular complexity index is 313. The Morgan fingerprint density at radius 3 is 1.71 bits per heavy atom. The van der Waals surface area contributed by atoms with Crippen molar-refractivity contribution >= 4 is 4.21 Å². The summed E-state index contributed by atoms with van der Waals surface area (Å²) in [5.74, 6) is 0. The molecule has 2 aromatic rings. The Kier molecular flexibility index (Phi) is 18.4. The van der Waals surface area contributed by atoms with Gasteiger partial charge >= 0.3 is 28.4 Å². The van der Waals surface area contributed by atoms with Gasteiger partial charge in [0.05, 0.1) is 0 Å². The molecular weight excluding hydrogens is 330 g/mol. The summed E-state index contributed by atoms with van der Waals surface area (Å²) in [5, 5.41) is 0. The van der Waals surface area contributed by atoms with Crippen LogP contribution in [0.1, 0.15) is 16.7 Å². The van der Waals surface area contributed by atoms with Crippen molar-refractivity contribution in [1.82, 2.24) is 0 Å². The topological polar surface area (TPSA) is 0 Å². The Hall–Kier alpha value is 0.0331. The number of hydrogen-bond donors (Lipinski definition) is 0. The molecule has 0 aliphatic heterocycles. The molecule has 0 atom stereocenters. The van der Waals surface area contributed by atoms with Crippen molar-refractivity contribution in [2.75, 3.05) is 0 Å². The molecule has 0 aromatic heterocycles. The summed E-state index contributed by atoms with van der Waals surface area (Å²) in [5.41, 5.74) is 4.25. The molecule has 0 fully saturated rings. The minimum Gasteiger partial charge on any atom is -1.00 e. The van der Waals surface area contributed by atoms with Crippen molar-refractivity contribution in [2.24, 2.45) is 0 Å². The van der Waals surface area contributed by atoms with Crippen LogP contribution >= 0.6 is 0 Å². The van der Waals surface area contributed by atoms with Crippen molar-refractivity contribution in [1.29, 1.82) is 0 Å². The van der Waals surface area contributed by atoms with E-state index < -0.39 is 0 Å². The Morgan fingerprint density at radius 2 is 1.59 bits per heavy atom. The smallest absolute Gasteiger partial charge is 0.172 e. The summed E-state index contributed by atoms with van der Waals surface area (Å²) < 4.78 is 3.34. The van der Waals surface area contributed by atoms with Crippen LogP contribution in [0.5, 0.6) is 0 Å². The number of aryl methyl sites for hydroxylation is 2. The first-order valence-electron chi connectivity index (χ1n) is 4.93. The van der Waals surface area contributed by atoms with E-state index in [0.29, 0.717) is 0 Å². The van der Waals surface area contributed by atoms with Crippen LogP contribution in [0, 0.1) is 20.8 Å². The van der Waals surface area contributed by atoms with Gasteiger partial charge in [-0.15, -0.1) is 0 Å².